The zero-order valence-electron chi connectivity index (χ0n) is 17.4. The first kappa shape index (κ1) is 20.7. The van der Waals surface area contributed by atoms with Gasteiger partial charge in [0.15, 0.2) is 5.78 Å². The molecular weight excluding hydrogens is 426 g/mol. The lowest BCUT2D eigenvalue weighted by atomic mass is 9.90. The van der Waals surface area contributed by atoms with Crippen molar-refractivity contribution in [2.75, 3.05) is 13.1 Å². The molecule has 5 rings (SSSR count). The van der Waals surface area contributed by atoms with E-state index < -0.39 is 0 Å². The molecule has 32 heavy (non-hydrogen) atoms. The van der Waals surface area contributed by atoms with E-state index in [1.807, 2.05) is 30.3 Å². The number of halogens is 1. The van der Waals surface area contributed by atoms with Crippen molar-refractivity contribution in [3.8, 4) is 11.5 Å². The monoisotopic (exact) mass is 449 g/mol. The van der Waals surface area contributed by atoms with Gasteiger partial charge in [-0.15, -0.1) is 0 Å². The second-order valence-corrected chi connectivity index (χ2v) is 8.42. The number of benzene rings is 2. The number of nitrogens with zero attached hydrogens (tertiary/aromatic N) is 2. The van der Waals surface area contributed by atoms with E-state index in [-0.39, 0.29) is 23.9 Å². The summed E-state index contributed by atoms with van der Waals surface area (Å²) in [4.78, 5) is 22.8. The van der Waals surface area contributed by atoms with Gasteiger partial charge in [0, 0.05) is 29.9 Å². The molecule has 1 saturated heterocycles. The quantitative estimate of drug-likeness (QED) is 0.608. The highest BCUT2D eigenvalue weighted by Crippen LogP contribution is 2.33. The van der Waals surface area contributed by atoms with Gasteiger partial charge in [0.05, 0.1) is 23.3 Å². The Hall–Kier alpha value is -3.16. The van der Waals surface area contributed by atoms with E-state index in [1.165, 1.54) is 0 Å². The van der Waals surface area contributed by atoms with Gasteiger partial charge >= 0.3 is 0 Å². The first-order valence-electron chi connectivity index (χ1n) is 10.8. The van der Waals surface area contributed by atoms with Crippen LogP contribution in [0.3, 0.4) is 0 Å². The number of nitrogens with one attached hydrogen (secondary N) is 3. The van der Waals surface area contributed by atoms with Crippen LogP contribution in [0.5, 0.6) is 11.5 Å². The van der Waals surface area contributed by atoms with Crippen molar-refractivity contribution in [1.82, 2.24) is 16.0 Å². The minimum absolute atomic E-state index is 0.144. The van der Waals surface area contributed by atoms with Crippen LogP contribution in [0.4, 0.5) is 0 Å². The van der Waals surface area contributed by atoms with Crippen molar-refractivity contribution in [3.63, 3.8) is 0 Å². The molecule has 0 amide bonds. The predicted molar refractivity (Wildman–Crippen MR) is 126 cm³/mol. The fraction of sp³-hybridized carbons (Fsp3) is 0.292. The normalized spacial score (nSPS) is 25.5. The third kappa shape index (κ3) is 4.26. The largest absolute Gasteiger partial charge is 0.457 e. The Labute approximate surface area is 191 Å². The first-order chi connectivity index (χ1) is 15.7. The van der Waals surface area contributed by atoms with Crippen LogP contribution >= 0.6 is 11.6 Å². The number of hydrogen-bond donors (Lipinski definition) is 3. The summed E-state index contributed by atoms with van der Waals surface area (Å²) in [5.74, 6) is 1.63. The van der Waals surface area contributed by atoms with Crippen LogP contribution in [0.1, 0.15) is 23.2 Å². The Bertz CT molecular complexity index is 1090. The number of carbonyl (C=O) groups is 1. The van der Waals surface area contributed by atoms with E-state index >= 15 is 0 Å². The van der Waals surface area contributed by atoms with Crippen molar-refractivity contribution < 1.29 is 9.53 Å². The summed E-state index contributed by atoms with van der Waals surface area (Å²) in [6.07, 6.45) is 5.26. The Kier molecular flexibility index (Phi) is 5.92. The van der Waals surface area contributed by atoms with Gasteiger partial charge < -0.3 is 20.7 Å². The standard InChI is InChI=1S/C24H24ClN5O2/c25-20-11-17(32-16-6-2-1-3-7-16)8-9-18(20)22(31)19-13-27-23-21(19)24(29-14-28-23)30-15-5-4-10-26-12-15/h1-3,6-9,11,13-15,21,23,26-27H,4-5,10,12H2,(H,28,29,30)/t15-,21?,23?/m1/s1. The van der Waals surface area contributed by atoms with Crippen LogP contribution in [-0.4, -0.2) is 43.3 Å². The van der Waals surface area contributed by atoms with Gasteiger partial charge in [-0.05, 0) is 43.7 Å². The number of amidine groups is 1. The molecule has 0 saturated carbocycles. The number of Topliss-reactive ketones (excluding diaryl/α,β-unsaturated/α-hetero) is 1. The summed E-state index contributed by atoms with van der Waals surface area (Å²) in [5.41, 5.74) is 1.02. The first-order valence-corrected chi connectivity index (χ1v) is 11.2. The lowest BCUT2D eigenvalue weighted by molar-refractivity contribution is 0.102. The molecular formula is C24H24ClN5O2. The molecule has 7 nitrogen and oxygen atoms in total. The zero-order valence-corrected chi connectivity index (χ0v) is 18.2. The fourth-order valence-electron chi connectivity index (χ4n) is 4.22. The zero-order chi connectivity index (χ0) is 21.9. The van der Waals surface area contributed by atoms with Crippen LogP contribution in [0.2, 0.25) is 5.02 Å². The van der Waals surface area contributed by atoms with Gasteiger partial charge in [0.25, 0.3) is 0 Å². The molecule has 0 aromatic heterocycles. The summed E-state index contributed by atoms with van der Waals surface area (Å²) in [7, 11) is 0. The Morgan fingerprint density at radius 1 is 1.16 bits per heavy atom. The summed E-state index contributed by atoms with van der Waals surface area (Å²) in [6, 6.07) is 14.8. The summed E-state index contributed by atoms with van der Waals surface area (Å²) >= 11 is 6.50. The highest BCUT2D eigenvalue weighted by molar-refractivity contribution is 6.35. The van der Waals surface area contributed by atoms with Gasteiger partial charge in [0.2, 0.25) is 0 Å². The predicted octanol–water partition coefficient (Wildman–Crippen LogP) is 3.53. The van der Waals surface area contributed by atoms with Crippen LogP contribution in [0.15, 0.2) is 70.3 Å². The minimum atomic E-state index is -0.272. The number of piperidine rings is 1. The maximum Gasteiger partial charge on any atom is 0.192 e. The molecule has 2 aromatic rings. The molecule has 2 unspecified atom stereocenters. The second-order valence-electron chi connectivity index (χ2n) is 8.01. The van der Waals surface area contributed by atoms with E-state index in [0.717, 1.165) is 31.8 Å². The number of ether oxygens (including phenoxy) is 1. The molecule has 3 aliphatic heterocycles. The number of aliphatic imine (C=N–C) groups is 2. The molecule has 0 spiro atoms. The van der Waals surface area contributed by atoms with Crippen molar-refractivity contribution in [3.05, 3.63) is 70.9 Å². The minimum Gasteiger partial charge on any atom is -0.457 e. The van der Waals surface area contributed by atoms with E-state index in [9.17, 15) is 4.79 Å². The molecule has 0 radical (unpaired) electrons. The van der Waals surface area contributed by atoms with E-state index in [0.29, 0.717) is 27.7 Å². The molecule has 8 heteroatoms. The number of fused-ring (bicyclic) bond motifs is 1. The van der Waals surface area contributed by atoms with Crippen molar-refractivity contribution in [2.45, 2.75) is 25.0 Å². The third-order valence-electron chi connectivity index (χ3n) is 5.82. The van der Waals surface area contributed by atoms with Crippen LogP contribution in [0, 0.1) is 5.92 Å². The van der Waals surface area contributed by atoms with Gasteiger partial charge in [-0.25, -0.2) is 4.99 Å². The summed E-state index contributed by atoms with van der Waals surface area (Å²) in [5, 5.41) is 10.1. The Morgan fingerprint density at radius 2 is 2.03 bits per heavy atom. The number of para-hydroxylation sites is 1. The summed E-state index contributed by atoms with van der Waals surface area (Å²) < 4.78 is 5.83. The van der Waals surface area contributed by atoms with Gasteiger partial charge in [-0.1, -0.05) is 29.8 Å². The Morgan fingerprint density at radius 3 is 2.81 bits per heavy atom. The highest BCUT2D eigenvalue weighted by Gasteiger charge is 2.39. The lowest BCUT2D eigenvalue weighted by Crippen LogP contribution is -2.46. The lowest BCUT2D eigenvalue weighted by Gasteiger charge is -2.27. The maximum absolute atomic E-state index is 13.4. The topological polar surface area (TPSA) is 87.1 Å². The van der Waals surface area contributed by atoms with E-state index in [1.54, 1.807) is 30.7 Å². The number of ketones is 1. The molecule has 1 fully saturated rings. The molecule has 3 atom stereocenters. The van der Waals surface area contributed by atoms with Crippen LogP contribution < -0.4 is 20.7 Å². The molecule has 0 aliphatic carbocycles. The van der Waals surface area contributed by atoms with Crippen molar-refractivity contribution in [1.29, 1.82) is 0 Å². The average Bonchev–Trinajstić information content (AvgIpc) is 3.26. The molecule has 3 heterocycles. The molecule has 3 aliphatic rings. The maximum atomic E-state index is 13.4. The third-order valence-corrected chi connectivity index (χ3v) is 6.13. The van der Waals surface area contributed by atoms with E-state index in [2.05, 4.69) is 20.9 Å². The Balaban J connectivity index is 1.37. The van der Waals surface area contributed by atoms with Gasteiger partial charge in [-0.3, -0.25) is 9.79 Å². The fourth-order valence-corrected chi connectivity index (χ4v) is 4.48. The highest BCUT2D eigenvalue weighted by atomic mass is 35.5. The smallest absolute Gasteiger partial charge is 0.192 e. The van der Waals surface area contributed by atoms with Gasteiger partial charge in [0.1, 0.15) is 23.5 Å². The van der Waals surface area contributed by atoms with Crippen LogP contribution in [0.25, 0.3) is 0 Å². The van der Waals surface area contributed by atoms with Crippen molar-refractivity contribution in [2.24, 2.45) is 15.9 Å². The number of rotatable bonds is 5. The number of carbonyl (C=O) groups excluding carboxylic acids is 1. The van der Waals surface area contributed by atoms with Crippen molar-refractivity contribution >= 4 is 29.6 Å². The number of hydrogen-bond acceptors (Lipinski definition) is 6. The molecule has 3 N–H and O–H groups in total. The molecule has 164 valence electrons. The van der Waals surface area contributed by atoms with Gasteiger partial charge in [-0.2, -0.15) is 0 Å². The van der Waals surface area contributed by atoms with E-state index in [4.69, 9.17) is 21.3 Å². The summed E-state index contributed by atoms with van der Waals surface area (Å²) in [6.45, 7) is 1.87. The SMILES string of the molecule is O=C(C1=CNC2N=CNC(=N[C@@H]3CCCNC3)C12)c1ccc(Oc2ccccc2)cc1Cl. The molecule has 0 bridgehead atoms. The average molecular weight is 450 g/mol. The van der Waals surface area contributed by atoms with Crippen LogP contribution in [-0.2, 0) is 0 Å². The molecule has 2 aromatic carbocycles. The second kappa shape index (κ2) is 9.14.